The van der Waals surface area contributed by atoms with Crippen LogP contribution in [0.15, 0.2) is 0 Å². The van der Waals surface area contributed by atoms with E-state index in [1.807, 2.05) is 0 Å². The van der Waals surface area contributed by atoms with Gasteiger partial charge in [0.2, 0.25) is 0 Å². The average molecular weight is 184 g/mol. The minimum Gasteiger partial charge on any atom is -0.316 e. The fraction of sp³-hybridized carbons (Fsp3) is 1.00. The van der Waals surface area contributed by atoms with Crippen LogP contribution in [-0.2, 0) is 0 Å². The molecular formula is C11H24N2. The zero-order valence-electron chi connectivity index (χ0n) is 9.34. The van der Waals surface area contributed by atoms with Gasteiger partial charge in [-0.05, 0) is 51.9 Å². The Morgan fingerprint density at radius 2 is 1.92 bits per heavy atom. The molecule has 1 rings (SSSR count). The first-order valence-electron chi connectivity index (χ1n) is 5.68. The van der Waals surface area contributed by atoms with Crippen molar-refractivity contribution in [1.29, 1.82) is 0 Å². The van der Waals surface area contributed by atoms with Crippen molar-refractivity contribution >= 4 is 0 Å². The molecule has 0 radical (unpaired) electrons. The summed E-state index contributed by atoms with van der Waals surface area (Å²) >= 11 is 0. The quantitative estimate of drug-likeness (QED) is 0.676. The third-order valence-electron chi connectivity index (χ3n) is 3.32. The lowest BCUT2D eigenvalue weighted by molar-refractivity contribution is 0.197. The minimum absolute atomic E-state index is 0.799. The van der Waals surface area contributed by atoms with Crippen molar-refractivity contribution in [2.75, 3.05) is 26.7 Å². The lowest BCUT2D eigenvalue weighted by Crippen LogP contribution is -2.44. The number of hydrogen-bond acceptors (Lipinski definition) is 2. The molecule has 0 bridgehead atoms. The number of nitrogens with zero attached hydrogens (tertiary/aromatic N) is 1. The van der Waals surface area contributed by atoms with Gasteiger partial charge in [-0.25, -0.2) is 0 Å². The van der Waals surface area contributed by atoms with Crippen LogP contribution < -0.4 is 5.32 Å². The highest BCUT2D eigenvalue weighted by Gasteiger charge is 2.18. The molecule has 1 N–H and O–H groups in total. The summed E-state index contributed by atoms with van der Waals surface area (Å²) in [7, 11) is 2.27. The summed E-state index contributed by atoms with van der Waals surface area (Å²) in [5, 5.41) is 3.32. The standard InChI is InChI=1S/C11H24N2/c1-4-11(5-2)13(3)7-6-10-8-12-9-10/h10-12H,4-9H2,1-3H3. The molecule has 2 nitrogen and oxygen atoms in total. The summed E-state index contributed by atoms with van der Waals surface area (Å²) in [4.78, 5) is 2.53. The van der Waals surface area contributed by atoms with Crippen LogP contribution in [0, 0.1) is 5.92 Å². The summed E-state index contributed by atoms with van der Waals surface area (Å²) in [5.74, 6) is 0.955. The summed E-state index contributed by atoms with van der Waals surface area (Å²) in [6.45, 7) is 8.34. The summed E-state index contributed by atoms with van der Waals surface area (Å²) in [5.41, 5.74) is 0. The Morgan fingerprint density at radius 3 is 2.31 bits per heavy atom. The van der Waals surface area contributed by atoms with Gasteiger partial charge in [-0.2, -0.15) is 0 Å². The van der Waals surface area contributed by atoms with Crippen molar-refractivity contribution in [3.05, 3.63) is 0 Å². The maximum absolute atomic E-state index is 3.32. The van der Waals surface area contributed by atoms with Crippen LogP contribution in [0.5, 0.6) is 0 Å². The van der Waals surface area contributed by atoms with Crippen LogP contribution in [0.25, 0.3) is 0 Å². The van der Waals surface area contributed by atoms with Gasteiger partial charge in [0.1, 0.15) is 0 Å². The van der Waals surface area contributed by atoms with Crippen molar-refractivity contribution in [2.45, 2.75) is 39.2 Å². The molecule has 0 amide bonds. The molecule has 0 atom stereocenters. The molecule has 0 aliphatic carbocycles. The molecule has 0 aromatic rings. The van der Waals surface area contributed by atoms with E-state index in [0.29, 0.717) is 0 Å². The van der Waals surface area contributed by atoms with E-state index >= 15 is 0 Å². The van der Waals surface area contributed by atoms with Crippen LogP contribution in [0.3, 0.4) is 0 Å². The first-order chi connectivity index (χ1) is 6.27. The molecular weight excluding hydrogens is 160 g/mol. The van der Waals surface area contributed by atoms with Gasteiger partial charge in [-0.1, -0.05) is 13.8 Å². The highest BCUT2D eigenvalue weighted by Crippen LogP contribution is 2.12. The largest absolute Gasteiger partial charge is 0.316 e. The molecule has 0 saturated carbocycles. The smallest absolute Gasteiger partial charge is 0.00869 e. The lowest BCUT2D eigenvalue weighted by Gasteiger charge is -2.31. The van der Waals surface area contributed by atoms with E-state index in [0.717, 1.165) is 12.0 Å². The third-order valence-corrected chi connectivity index (χ3v) is 3.32. The van der Waals surface area contributed by atoms with E-state index in [1.165, 1.54) is 38.9 Å². The second kappa shape index (κ2) is 5.61. The Balaban J connectivity index is 2.10. The minimum atomic E-state index is 0.799. The second-order valence-electron chi connectivity index (χ2n) is 4.26. The fourth-order valence-electron chi connectivity index (χ4n) is 2.03. The molecule has 13 heavy (non-hydrogen) atoms. The van der Waals surface area contributed by atoms with Crippen LogP contribution in [0.2, 0.25) is 0 Å². The summed E-state index contributed by atoms with van der Waals surface area (Å²) in [6, 6.07) is 0.799. The molecule has 2 heteroatoms. The van der Waals surface area contributed by atoms with E-state index in [-0.39, 0.29) is 0 Å². The Bertz CT molecular complexity index is 128. The number of nitrogens with one attached hydrogen (secondary N) is 1. The third kappa shape index (κ3) is 3.28. The maximum atomic E-state index is 3.32. The zero-order valence-corrected chi connectivity index (χ0v) is 9.34. The first-order valence-corrected chi connectivity index (χ1v) is 5.68. The van der Waals surface area contributed by atoms with E-state index < -0.39 is 0 Å². The second-order valence-corrected chi connectivity index (χ2v) is 4.26. The van der Waals surface area contributed by atoms with Gasteiger partial charge in [-0.3, -0.25) is 0 Å². The van der Waals surface area contributed by atoms with E-state index in [9.17, 15) is 0 Å². The van der Waals surface area contributed by atoms with Crippen molar-refractivity contribution in [1.82, 2.24) is 10.2 Å². The van der Waals surface area contributed by atoms with Crippen molar-refractivity contribution in [3.8, 4) is 0 Å². The SMILES string of the molecule is CCC(CC)N(C)CCC1CNC1. The molecule has 1 fully saturated rings. The normalized spacial score (nSPS) is 18.2. The highest BCUT2D eigenvalue weighted by molar-refractivity contribution is 4.76. The zero-order chi connectivity index (χ0) is 9.68. The van der Waals surface area contributed by atoms with Gasteiger partial charge >= 0.3 is 0 Å². The van der Waals surface area contributed by atoms with Crippen molar-refractivity contribution in [2.24, 2.45) is 5.92 Å². The van der Waals surface area contributed by atoms with Gasteiger partial charge in [-0.15, -0.1) is 0 Å². The number of hydrogen-bond donors (Lipinski definition) is 1. The van der Waals surface area contributed by atoms with Crippen molar-refractivity contribution in [3.63, 3.8) is 0 Å². The summed E-state index contributed by atoms with van der Waals surface area (Å²) in [6.07, 6.45) is 3.95. The van der Waals surface area contributed by atoms with E-state index in [2.05, 4.69) is 31.1 Å². The average Bonchev–Trinajstić information content (AvgIpc) is 2.04. The van der Waals surface area contributed by atoms with Crippen LogP contribution in [0.1, 0.15) is 33.1 Å². The maximum Gasteiger partial charge on any atom is 0.00869 e. The van der Waals surface area contributed by atoms with Gasteiger partial charge in [0, 0.05) is 6.04 Å². The van der Waals surface area contributed by atoms with E-state index in [4.69, 9.17) is 0 Å². The van der Waals surface area contributed by atoms with Crippen LogP contribution >= 0.6 is 0 Å². The number of rotatable bonds is 6. The Hall–Kier alpha value is -0.0800. The van der Waals surface area contributed by atoms with Crippen molar-refractivity contribution < 1.29 is 0 Å². The van der Waals surface area contributed by atoms with Gasteiger partial charge in [0.05, 0.1) is 0 Å². The molecule has 1 aliphatic rings. The molecule has 78 valence electrons. The lowest BCUT2D eigenvalue weighted by atomic mass is 9.98. The molecule has 0 aromatic heterocycles. The Kier molecular flexibility index (Phi) is 4.74. The molecule has 1 saturated heterocycles. The highest BCUT2D eigenvalue weighted by atomic mass is 15.1. The first kappa shape index (κ1) is 11.0. The predicted molar refractivity (Wildman–Crippen MR) is 58.0 cm³/mol. The van der Waals surface area contributed by atoms with Gasteiger partial charge in [0.15, 0.2) is 0 Å². The monoisotopic (exact) mass is 184 g/mol. The molecule has 1 aliphatic heterocycles. The molecule has 0 unspecified atom stereocenters. The predicted octanol–water partition coefficient (Wildman–Crippen LogP) is 1.72. The van der Waals surface area contributed by atoms with Crippen LogP contribution in [0.4, 0.5) is 0 Å². The van der Waals surface area contributed by atoms with Gasteiger partial charge in [0.25, 0.3) is 0 Å². The summed E-state index contributed by atoms with van der Waals surface area (Å²) < 4.78 is 0. The van der Waals surface area contributed by atoms with Gasteiger partial charge < -0.3 is 10.2 Å². The Morgan fingerprint density at radius 1 is 1.31 bits per heavy atom. The molecule has 0 aromatic carbocycles. The topological polar surface area (TPSA) is 15.3 Å². The fourth-order valence-corrected chi connectivity index (χ4v) is 2.03. The molecule has 0 spiro atoms. The Labute approximate surface area is 82.7 Å². The van der Waals surface area contributed by atoms with E-state index in [1.54, 1.807) is 0 Å². The van der Waals surface area contributed by atoms with Crippen LogP contribution in [-0.4, -0.2) is 37.6 Å². The molecule has 1 heterocycles.